The quantitative estimate of drug-likeness (QED) is 0.545. The summed E-state index contributed by atoms with van der Waals surface area (Å²) in [4.78, 5) is 16.8. The molecule has 3 aromatic carbocycles. The highest BCUT2D eigenvalue weighted by molar-refractivity contribution is 6.06. The summed E-state index contributed by atoms with van der Waals surface area (Å²) in [6.45, 7) is 0.512. The van der Waals surface area contributed by atoms with E-state index in [9.17, 15) is 4.79 Å². The monoisotopic (exact) mass is 354 g/mol. The van der Waals surface area contributed by atoms with E-state index in [1.807, 2.05) is 78.9 Å². The number of pyridine rings is 1. The summed E-state index contributed by atoms with van der Waals surface area (Å²) in [5.41, 5.74) is 3.30. The third-order valence-electron chi connectivity index (χ3n) is 4.23. The smallest absolute Gasteiger partial charge is 0.255 e. The summed E-state index contributed by atoms with van der Waals surface area (Å²) in [7, 11) is 0. The highest BCUT2D eigenvalue weighted by atomic mass is 16.5. The zero-order chi connectivity index (χ0) is 18.5. The average Bonchev–Trinajstić information content (AvgIpc) is 2.73. The number of nitrogens with zero attached hydrogens (tertiary/aromatic N) is 1. The molecule has 27 heavy (non-hydrogen) atoms. The van der Waals surface area contributed by atoms with Gasteiger partial charge in [0.2, 0.25) is 0 Å². The Labute approximate surface area is 157 Å². The Morgan fingerprint density at radius 2 is 1.70 bits per heavy atom. The van der Waals surface area contributed by atoms with Crippen LogP contribution in [0.25, 0.3) is 10.9 Å². The Balaban J connectivity index is 1.40. The second-order valence-electron chi connectivity index (χ2n) is 6.16. The number of amides is 1. The lowest BCUT2D eigenvalue weighted by molar-refractivity contribution is 0.102. The zero-order valence-corrected chi connectivity index (χ0v) is 14.6. The Kier molecular flexibility index (Phi) is 4.79. The van der Waals surface area contributed by atoms with Crippen LogP contribution >= 0.6 is 0 Å². The van der Waals surface area contributed by atoms with Crippen LogP contribution < -0.4 is 10.1 Å². The first-order valence-electron chi connectivity index (χ1n) is 8.71. The van der Waals surface area contributed by atoms with Crippen LogP contribution in [-0.4, -0.2) is 10.9 Å². The molecule has 1 amide bonds. The van der Waals surface area contributed by atoms with Crippen molar-refractivity contribution in [3.05, 3.63) is 102 Å². The lowest BCUT2D eigenvalue weighted by Crippen LogP contribution is -2.11. The molecule has 0 aliphatic rings. The van der Waals surface area contributed by atoms with Crippen molar-refractivity contribution < 1.29 is 9.53 Å². The normalized spacial score (nSPS) is 10.5. The Hall–Kier alpha value is -3.66. The van der Waals surface area contributed by atoms with Gasteiger partial charge in [-0.1, -0.05) is 36.4 Å². The third kappa shape index (κ3) is 4.12. The van der Waals surface area contributed by atoms with E-state index in [0.29, 0.717) is 12.2 Å². The van der Waals surface area contributed by atoms with Gasteiger partial charge in [0.1, 0.15) is 12.4 Å². The van der Waals surface area contributed by atoms with Crippen molar-refractivity contribution in [3.8, 4) is 5.75 Å². The topological polar surface area (TPSA) is 51.2 Å². The van der Waals surface area contributed by atoms with Crippen molar-refractivity contribution in [2.75, 3.05) is 5.32 Å². The van der Waals surface area contributed by atoms with E-state index in [0.717, 1.165) is 27.9 Å². The van der Waals surface area contributed by atoms with Crippen LogP contribution in [0, 0.1) is 0 Å². The number of benzene rings is 3. The van der Waals surface area contributed by atoms with Gasteiger partial charge in [-0.25, -0.2) is 0 Å². The molecule has 4 heteroatoms. The molecule has 0 saturated heterocycles. The molecule has 4 rings (SSSR count). The number of nitrogens with one attached hydrogen (secondary N) is 1. The molecule has 132 valence electrons. The van der Waals surface area contributed by atoms with Crippen LogP contribution in [0.2, 0.25) is 0 Å². The molecule has 0 fully saturated rings. The van der Waals surface area contributed by atoms with Crippen molar-refractivity contribution in [1.29, 1.82) is 0 Å². The number of carbonyl (C=O) groups is 1. The van der Waals surface area contributed by atoms with E-state index in [1.54, 1.807) is 12.3 Å². The van der Waals surface area contributed by atoms with Gasteiger partial charge in [-0.05, 0) is 54.1 Å². The van der Waals surface area contributed by atoms with E-state index in [1.165, 1.54) is 0 Å². The molecule has 0 bridgehead atoms. The van der Waals surface area contributed by atoms with Gasteiger partial charge in [0.25, 0.3) is 5.91 Å². The molecule has 1 aromatic heterocycles. The molecule has 0 atom stereocenters. The van der Waals surface area contributed by atoms with Crippen molar-refractivity contribution in [2.24, 2.45) is 0 Å². The minimum Gasteiger partial charge on any atom is -0.489 e. The van der Waals surface area contributed by atoms with Crippen molar-refractivity contribution >= 4 is 22.5 Å². The van der Waals surface area contributed by atoms with Gasteiger partial charge in [0.15, 0.2) is 0 Å². The van der Waals surface area contributed by atoms with Gasteiger partial charge >= 0.3 is 0 Å². The Morgan fingerprint density at radius 3 is 2.52 bits per heavy atom. The largest absolute Gasteiger partial charge is 0.489 e. The SMILES string of the molecule is O=C(Nc1ccc(OCc2ccccc2)cc1)c1ccc2ncccc2c1. The van der Waals surface area contributed by atoms with Crippen LogP contribution in [0.3, 0.4) is 0 Å². The lowest BCUT2D eigenvalue weighted by atomic mass is 10.1. The lowest BCUT2D eigenvalue weighted by Gasteiger charge is -2.09. The molecular weight excluding hydrogens is 336 g/mol. The number of fused-ring (bicyclic) bond motifs is 1. The molecule has 0 unspecified atom stereocenters. The third-order valence-corrected chi connectivity index (χ3v) is 4.23. The summed E-state index contributed by atoms with van der Waals surface area (Å²) in [6, 6.07) is 26.6. The van der Waals surface area contributed by atoms with Crippen LogP contribution in [-0.2, 0) is 6.61 Å². The van der Waals surface area contributed by atoms with Crippen molar-refractivity contribution in [3.63, 3.8) is 0 Å². The van der Waals surface area contributed by atoms with Gasteiger partial charge < -0.3 is 10.1 Å². The molecule has 0 radical (unpaired) electrons. The first kappa shape index (κ1) is 16.8. The molecular formula is C23H18N2O2. The summed E-state index contributed by atoms with van der Waals surface area (Å²) in [6.07, 6.45) is 1.74. The Morgan fingerprint density at radius 1 is 0.889 bits per heavy atom. The maximum Gasteiger partial charge on any atom is 0.255 e. The molecule has 0 saturated carbocycles. The summed E-state index contributed by atoms with van der Waals surface area (Å²) < 4.78 is 5.77. The fourth-order valence-electron chi connectivity index (χ4n) is 2.80. The van der Waals surface area contributed by atoms with Crippen LogP contribution in [0.15, 0.2) is 91.1 Å². The maximum atomic E-state index is 12.5. The Bertz CT molecular complexity index is 1060. The van der Waals surface area contributed by atoms with Gasteiger partial charge in [0, 0.05) is 22.8 Å². The van der Waals surface area contributed by atoms with Crippen LogP contribution in [0.1, 0.15) is 15.9 Å². The van der Waals surface area contributed by atoms with Crippen molar-refractivity contribution in [2.45, 2.75) is 6.61 Å². The van der Waals surface area contributed by atoms with Gasteiger partial charge in [-0.3, -0.25) is 9.78 Å². The maximum absolute atomic E-state index is 12.5. The number of rotatable bonds is 5. The number of anilines is 1. The predicted molar refractivity (Wildman–Crippen MR) is 107 cm³/mol. The number of carbonyl (C=O) groups excluding carboxylic acids is 1. The summed E-state index contributed by atoms with van der Waals surface area (Å²) in [5, 5.41) is 3.85. The van der Waals surface area contributed by atoms with Crippen LogP contribution in [0.4, 0.5) is 5.69 Å². The van der Waals surface area contributed by atoms with Crippen molar-refractivity contribution in [1.82, 2.24) is 4.98 Å². The molecule has 0 aliphatic carbocycles. The standard InChI is InChI=1S/C23H18N2O2/c26-23(19-8-13-22-18(15-19)7-4-14-24-22)25-20-9-11-21(12-10-20)27-16-17-5-2-1-3-6-17/h1-15H,16H2,(H,25,26). The molecule has 4 nitrogen and oxygen atoms in total. The summed E-state index contributed by atoms with van der Waals surface area (Å²) in [5.74, 6) is 0.604. The summed E-state index contributed by atoms with van der Waals surface area (Å²) >= 11 is 0. The van der Waals surface area contributed by atoms with Gasteiger partial charge in [-0.15, -0.1) is 0 Å². The predicted octanol–water partition coefficient (Wildman–Crippen LogP) is 5.07. The highest BCUT2D eigenvalue weighted by Crippen LogP contribution is 2.19. The number of aromatic nitrogens is 1. The van der Waals surface area contributed by atoms with Gasteiger partial charge in [-0.2, -0.15) is 0 Å². The molecule has 0 spiro atoms. The van der Waals surface area contributed by atoms with Crippen LogP contribution in [0.5, 0.6) is 5.75 Å². The molecule has 4 aromatic rings. The average molecular weight is 354 g/mol. The second kappa shape index (κ2) is 7.70. The first-order chi connectivity index (χ1) is 13.3. The number of hydrogen-bond acceptors (Lipinski definition) is 3. The molecule has 1 N–H and O–H groups in total. The minimum atomic E-state index is -0.154. The fourth-order valence-corrected chi connectivity index (χ4v) is 2.80. The fraction of sp³-hybridized carbons (Fsp3) is 0.0435. The van der Waals surface area contributed by atoms with E-state index in [4.69, 9.17) is 4.74 Å². The van der Waals surface area contributed by atoms with E-state index in [-0.39, 0.29) is 5.91 Å². The van der Waals surface area contributed by atoms with E-state index >= 15 is 0 Å². The number of hydrogen-bond donors (Lipinski definition) is 1. The first-order valence-corrected chi connectivity index (χ1v) is 8.71. The second-order valence-corrected chi connectivity index (χ2v) is 6.16. The number of ether oxygens (including phenoxy) is 1. The van der Waals surface area contributed by atoms with E-state index in [2.05, 4.69) is 10.3 Å². The molecule has 0 aliphatic heterocycles. The zero-order valence-electron chi connectivity index (χ0n) is 14.6. The molecule has 1 heterocycles. The highest BCUT2D eigenvalue weighted by Gasteiger charge is 2.07. The van der Waals surface area contributed by atoms with Gasteiger partial charge in [0.05, 0.1) is 5.52 Å². The van der Waals surface area contributed by atoms with E-state index < -0.39 is 0 Å². The minimum absolute atomic E-state index is 0.154.